The van der Waals surface area contributed by atoms with E-state index in [1.165, 1.54) is 12.1 Å². The van der Waals surface area contributed by atoms with Gasteiger partial charge in [-0.3, -0.25) is 10.1 Å². The summed E-state index contributed by atoms with van der Waals surface area (Å²) in [7, 11) is 1.57. The Morgan fingerprint density at radius 3 is 2.54 bits per heavy atom. The van der Waals surface area contributed by atoms with E-state index in [2.05, 4.69) is 5.32 Å². The molecule has 5 heteroatoms. The quantitative estimate of drug-likeness (QED) is 0.436. The molecule has 13 heavy (non-hydrogen) atoms. The van der Waals surface area contributed by atoms with Crippen molar-refractivity contribution in [2.45, 2.75) is 0 Å². The Labute approximate surface area is 75.5 Å². The molecule has 0 aliphatic rings. The van der Waals surface area contributed by atoms with Gasteiger partial charge in [-0.2, -0.15) is 0 Å². The first-order valence-corrected chi connectivity index (χ1v) is 3.71. The molecule has 0 saturated heterocycles. The molecule has 1 N–H and O–H groups in total. The van der Waals surface area contributed by atoms with Gasteiger partial charge in [0.15, 0.2) is 0 Å². The highest BCUT2D eigenvalue weighted by Gasteiger charge is 2.02. The van der Waals surface area contributed by atoms with E-state index in [-0.39, 0.29) is 5.69 Å². The average Bonchev–Trinajstić information content (AvgIpc) is 2.15. The highest BCUT2D eigenvalue weighted by atomic mass is 16.6. The van der Waals surface area contributed by atoms with Crippen LogP contribution in [0, 0.1) is 10.1 Å². The average molecular weight is 182 g/mol. The summed E-state index contributed by atoms with van der Waals surface area (Å²) in [5, 5.41) is 13.2. The van der Waals surface area contributed by atoms with Crippen molar-refractivity contribution in [1.29, 1.82) is 0 Å². The zero-order valence-electron chi connectivity index (χ0n) is 7.19. The number of anilines is 1. The molecule has 1 rings (SSSR count). The van der Waals surface area contributed by atoms with Crippen molar-refractivity contribution < 1.29 is 9.66 Å². The fourth-order valence-corrected chi connectivity index (χ4v) is 0.856. The van der Waals surface area contributed by atoms with Gasteiger partial charge in [-0.1, -0.05) is 0 Å². The van der Waals surface area contributed by atoms with Crippen molar-refractivity contribution in [3.05, 3.63) is 34.4 Å². The maximum Gasteiger partial charge on any atom is 0.269 e. The molecule has 0 heterocycles. The molecule has 0 fully saturated rings. The maximum absolute atomic E-state index is 10.3. The van der Waals surface area contributed by atoms with Gasteiger partial charge in [-0.25, -0.2) is 0 Å². The van der Waals surface area contributed by atoms with Gasteiger partial charge >= 0.3 is 0 Å². The first kappa shape index (κ1) is 9.47. The minimum absolute atomic E-state index is 0.0861. The summed E-state index contributed by atoms with van der Waals surface area (Å²) in [6.07, 6.45) is 0. The molecule has 1 aromatic carbocycles. The lowest BCUT2D eigenvalue weighted by molar-refractivity contribution is -0.384. The smallest absolute Gasteiger partial charge is 0.269 e. The van der Waals surface area contributed by atoms with Gasteiger partial charge in [0.25, 0.3) is 5.69 Å². The van der Waals surface area contributed by atoms with E-state index in [9.17, 15) is 10.1 Å². The standard InChI is InChI=1S/C8H10N2O3/c1-13-6-9-7-2-4-8(5-3-7)10(11)12/h2-5,9H,6H2,1H3. The Hall–Kier alpha value is -1.62. The largest absolute Gasteiger partial charge is 0.365 e. The van der Waals surface area contributed by atoms with E-state index in [1.54, 1.807) is 19.2 Å². The Balaban J connectivity index is 2.64. The van der Waals surface area contributed by atoms with E-state index in [1.807, 2.05) is 0 Å². The number of nitro benzene ring substituents is 1. The number of non-ortho nitro benzene ring substituents is 1. The van der Waals surface area contributed by atoms with Crippen LogP contribution in [0.2, 0.25) is 0 Å². The number of benzene rings is 1. The second-order valence-electron chi connectivity index (χ2n) is 2.41. The molecule has 0 aliphatic heterocycles. The molecular formula is C8H10N2O3. The third kappa shape index (κ3) is 2.72. The number of hydrogen-bond acceptors (Lipinski definition) is 4. The van der Waals surface area contributed by atoms with Crippen LogP contribution < -0.4 is 5.32 Å². The number of ether oxygens (including phenoxy) is 1. The molecule has 1 aromatic rings. The predicted octanol–water partition coefficient (Wildman–Crippen LogP) is 1.61. The zero-order valence-corrected chi connectivity index (χ0v) is 7.19. The Morgan fingerprint density at radius 1 is 1.46 bits per heavy atom. The molecule has 0 amide bonds. The highest BCUT2D eigenvalue weighted by Crippen LogP contribution is 2.14. The highest BCUT2D eigenvalue weighted by molar-refractivity contribution is 5.48. The molecule has 0 aromatic heterocycles. The van der Waals surface area contributed by atoms with Gasteiger partial charge < -0.3 is 10.1 Å². The van der Waals surface area contributed by atoms with Gasteiger partial charge in [0.2, 0.25) is 0 Å². The number of methoxy groups -OCH3 is 1. The molecule has 0 aliphatic carbocycles. The van der Waals surface area contributed by atoms with Crippen molar-refractivity contribution >= 4 is 11.4 Å². The molecule has 0 saturated carbocycles. The molecule has 5 nitrogen and oxygen atoms in total. The van der Waals surface area contributed by atoms with Crippen LogP contribution in [0.5, 0.6) is 0 Å². The Kier molecular flexibility index (Phi) is 3.22. The topological polar surface area (TPSA) is 64.4 Å². The molecule has 70 valence electrons. The third-order valence-corrected chi connectivity index (χ3v) is 1.50. The fraction of sp³-hybridized carbons (Fsp3) is 0.250. The van der Waals surface area contributed by atoms with Crippen molar-refractivity contribution in [1.82, 2.24) is 0 Å². The lowest BCUT2D eigenvalue weighted by atomic mass is 10.3. The molecular weight excluding hydrogens is 172 g/mol. The fourth-order valence-electron chi connectivity index (χ4n) is 0.856. The summed E-state index contributed by atoms with van der Waals surface area (Å²) >= 11 is 0. The van der Waals surface area contributed by atoms with Crippen molar-refractivity contribution in [3.63, 3.8) is 0 Å². The summed E-state index contributed by atoms with van der Waals surface area (Å²) in [5.74, 6) is 0. The minimum atomic E-state index is -0.430. The zero-order chi connectivity index (χ0) is 9.68. The van der Waals surface area contributed by atoms with Crippen molar-refractivity contribution in [2.75, 3.05) is 19.2 Å². The molecule has 0 bridgehead atoms. The van der Waals surface area contributed by atoms with Crippen LogP contribution in [0.25, 0.3) is 0 Å². The molecule has 0 atom stereocenters. The van der Waals surface area contributed by atoms with Crippen LogP contribution >= 0.6 is 0 Å². The lowest BCUT2D eigenvalue weighted by Gasteiger charge is -2.03. The van der Waals surface area contributed by atoms with Crippen molar-refractivity contribution in [2.24, 2.45) is 0 Å². The first-order chi connectivity index (χ1) is 6.24. The van der Waals surface area contributed by atoms with Gasteiger partial charge in [0.1, 0.15) is 6.73 Å². The molecule has 0 spiro atoms. The Morgan fingerprint density at radius 2 is 2.08 bits per heavy atom. The van der Waals surface area contributed by atoms with Crippen LogP contribution in [0.15, 0.2) is 24.3 Å². The second kappa shape index (κ2) is 4.42. The van der Waals surface area contributed by atoms with E-state index >= 15 is 0 Å². The minimum Gasteiger partial charge on any atom is -0.365 e. The van der Waals surface area contributed by atoms with Crippen LogP contribution in [-0.2, 0) is 4.74 Å². The summed E-state index contributed by atoms with van der Waals surface area (Å²) in [6, 6.07) is 6.16. The summed E-state index contributed by atoms with van der Waals surface area (Å²) in [5.41, 5.74) is 0.885. The maximum atomic E-state index is 10.3. The normalized spacial score (nSPS) is 9.62. The monoisotopic (exact) mass is 182 g/mol. The number of hydrogen-bond donors (Lipinski definition) is 1. The summed E-state index contributed by atoms with van der Waals surface area (Å²) in [4.78, 5) is 9.86. The number of nitro groups is 1. The van der Waals surface area contributed by atoms with Crippen molar-refractivity contribution in [3.8, 4) is 0 Å². The van der Waals surface area contributed by atoms with Crippen LogP contribution in [-0.4, -0.2) is 18.8 Å². The predicted molar refractivity (Wildman–Crippen MR) is 48.6 cm³/mol. The SMILES string of the molecule is COCNc1ccc([N+](=O)[O-])cc1. The van der Waals surface area contributed by atoms with Gasteiger partial charge in [0.05, 0.1) is 4.92 Å². The summed E-state index contributed by atoms with van der Waals surface area (Å²) in [6.45, 7) is 0.387. The van der Waals surface area contributed by atoms with Crippen LogP contribution in [0.4, 0.5) is 11.4 Å². The van der Waals surface area contributed by atoms with E-state index in [4.69, 9.17) is 4.74 Å². The van der Waals surface area contributed by atoms with E-state index < -0.39 is 4.92 Å². The number of nitrogens with one attached hydrogen (secondary N) is 1. The van der Waals surface area contributed by atoms with Gasteiger partial charge in [-0.15, -0.1) is 0 Å². The lowest BCUT2D eigenvalue weighted by Crippen LogP contribution is -2.02. The first-order valence-electron chi connectivity index (χ1n) is 3.71. The van der Waals surface area contributed by atoms with Crippen LogP contribution in [0.1, 0.15) is 0 Å². The van der Waals surface area contributed by atoms with Gasteiger partial charge in [0, 0.05) is 24.9 Å². The number of nitrogens with zero attached hydrogens (tertiary/aromatic N) is 1. The number of rotatable bonds is 4. The van der Waals surface area contributed by atoms with Crippen LogP contribution in [0.3, 0.4) is 0 Å². The molecule has 0 unspecified atom stereocenters. The second-order valence-corrected chi connectivity index (χ2v) is 2.41. The van der Waals surface area contributed by atoms with E-state index in [0.717, 1.165) is 5.69 Å². The third-order valence-electron chi connectivity index (χ3n) is 1.50. The summed E-state index contributed by atoms with van der Waals surface area (Å²) < 4.78 is 4.78. The molecule has 0 radical (unpaired) electrons. The van der Waals surface area contributed by atoms with E-state index in [0.29, 0.717) is 6.73 Å². The van der Waals surface area contributed by atoms with Gasteiger partial charge in [-0.05, 0) is 12.1 Å². The Bertz CT molecular complexity index is 284.